The molecule has 0 bridgehead atoms. The predicted molar refractivity (Wildman–Crippen MR) is 102 cm³/mol. The third-order valence-electron chi connectivity index (χ3n) is 4.52. The molecule has 3 rings (SSSR count). The van der Waals surface area contributed by atoms with E-state index in [1.807, 2.05) is 31.2 Å². The van der Waals surface area contributed by atoms with E-state index in [4.69, 9.17) is 4.74 Å². The molecule has 0 N–H and O–H groups in total. The van der Waals surface area contributed by atoms with Crippen molar-refractivity contribution in [3.63, 3.8) is 0 Å². The number of carbonyl (C=O) groups is 1. The van der Waals surface area contributed by atoms with Crippen molar-refractivity contribution in [3.05, 3.63) is 54.1 Å². The first-order valence-corrected chi connectivity index (χ1v) is 10.2. The molecule has 0 fully saturated rings. The first-order valence-electron chi connectivity index (χ1n) is 8.33. The van der Waals surface area contributed by atoms with Crippen LogP contribution in [-0.4, -0.2) is 40.3 Å². The van der Waals surface area contributed by atoms with E-state index in [1.54, 1.807) is 36.3 Å². The number of methoxy groups -OCH3 is 1. The van der Waals surface area contributed by atoms with Crippen molar-refractivity contribution in [2.24, 2.45) is 0 Å². The van der Waals surface area contributed by atoms with E-state index >= 15 is 0 Å². The maximum absolute atomic E-state index is 13.0. The molecule has 0 spiro atoms. The van der Waals surface area contributed by atoms with Crippen LogP contribution in [0.1, 0.15) is 12.5 Å². The zero-order chi connectivity index (χ0) is 18.9. The number of carbonyl (C=O) groups excluding carboxylic acids is 1. The molecule has 0 radical (unpaired) electrons. The highest BCUT2D eigenvalue weighted by Gasteiger charge is 2.33. The molecule has 6 nitrogen and oxygen atoms in total. The Labute approximate surface area is 154 Å². The standard InChI is InChI=1S/C19H22N2O4S/c1-14-12-15-6-4-5-7-18(15)21(14)19(22)13-20(26(3,23)24)16-8-10-17(25-2)11-9-16/h4-11,14H,12-13H2,1-3H3/t14-/m1/s1. The molecule has 0 saturated heterocycles. The molecule has 1 aliphatic rings. The molecular weight excluding hydrogens is 352 g/mol. The second-order valence-electron chi connectivity index (χ2n) is 6.41. The summed E-state index contributed by atoms with van der Waals surface area (Å²) in [5, 5.41) is 0. The number of ether oxygens (including phenoxy) is 1. The number of nitrogens with zero attached hydrogens (tertiary/aromatic N) is 2. The summed E-state index contributed by atoms with van der Waals surface area (Å²) in [5.41, 5.74) is 2.39. The summed E-state index contributed by atoms with van der Waals surface area (Å²) in [6.07, 6.45) is 1.87. The van der Waals surface area contributed by atoms with E-state index in [0.717, 1.165) is 28.2 Å². The van der Waals surface area contributed by atoms with Crippen molar-refractivity contribution >= 4 is 27.3 Å². The highest BCUT2D eigenvalue weighted by atomic mass is 32.2. The van der Waals surface area contributed by atoms with Crippen molar-refractivity contribution in [2.75, 3.05) is 29.1 Å². The fourth-order valence-corrected chi connectivity index (χ4v) is 4.14. The number of anilines is 2. The second-order valence-corrected chi connectivity index (χ2v) is 8.32. The van der Waals surface area contributed by atoms with E-state index in [-0.39, 0.29) is 18.5 Å². The summed E-state index contributed by atoms with van der Waals surface area (Å²) >= 11 is 0. The lowest BCUT2D eigenvalue weighted by Crippen LogP contribution is -2.45. The van der Waals surface area contributed by atoms with E-state index in [1.165, 1.54) is 0 Å². The lowest BCUT2D eigenvalue weighted by Gasteiger charge is -2.28. The minimum absolute atomic E-state index is 0.00261. The Bertz CT molecular complexity index is 909. The first kappa shape index (κ1) is 18.3. The lowest BCUT2D eigenvalue weighted by molar-refractivity contribution is -0.117. The molecule has 2 aromatic carbocycles. The smallest absolute Gasteiger partial charge is 0.248 e. The topological polar surface area (TPSA) is 66.9 Å². The normalized spacial score (nSPS) is 16.3. The van der Waals surface area contributed by atoms with E-state index in [0.29, 0.717) is 11.4 Å². The summed E-state index contributed by atoms with van der Waals surface area (Å²) in [6, 6.07) is 14.3. The zero-order valence-electron chi connectivity index (χ0n) is 15.0. The third kappa shape index (κ3) is 3.53. The fraction of sp³-hybridized carbons (Fsp3) is 0.316. The molecule has 1 atom stereocenters. The number of amides is 1. The third-order valence-corrected chi connectivity index (χ3v) is 5.66. The van der Waals surface area contributed by atoms with Gasteiger partial charge in [0.15, 0.2) is 0 Å². The quantitative estimate of drug-likeness (QED) is 0.806. The summed E-state index contributed by atoms with van der Waals surface area (Å²) in [5.74, 6) is 0.374. The summed E-state index contributed by atoms with van der Waals surface area (Å²) < 4.78 is 30.8. The zero-order valence-corrected chi connectivity index (χ0v) is 15.9. The van der Waals surface area contributed by atoms with Crippen LogP contribution >= 0.6 is 0 Å². The van der Waals surface area contributed by atoms with Crippen LogP contribution in [0, 0.1) is 0 Å². The van der Waals surface area contributed by atoms with E-state index < -0.39 is 10.0 Å². The number of hydrogen-bond acceptors (Lipinski definition) is 4. The van der Waals surface area contributed by atoms with Gasteiger partial charge >= 0.3 is 0 Å². The van der Waals surface area contributed by atoms with Gasteiger partial charge < -0.3 is 9.64 Å². The average Bonchev–Trinajstić information content (AvgIpc) is 2.94. The van der Waals surface area contributed by atoms with Gasteiger partial charge in [0.1, 0.15) is 12.3 Å². The number of benzene rings is 2. The molecule has 1 heterocycles. The second kappa shape index (κ2) is 6.99. The summed E-state index contributed by atoms with van der Waals surface area (Å²) in [6.45, 7) is 1.72. The van der Waals surface area contributed by atoms with E-state index in [2.05, 4.69) is 0 Å². The average molecular weight is 374 g/mol. The van der Waals surface area contributed by atoms with E-state index in [9.17, 15) is 13.2 Å². The molecule has 2 aromatic rings. The molecule has 26 heavy (non-hydrogen) atoms. The van der Waals surface area contributed by atoms with Crippen molar-refractivity contribution in [1.29, 1.82) is 0 Å². The Hall–Kier alpha value is -2.54. The lowest BCUT2D eigenvalue weighted by atomic mass is 10.1. The highest BCUT2D eigenvalue weighted by molar-refractivity contribution is 7.92. The van der Waals surface area contributed by atoms with Crippen molar-refractivity contribution in [2.45, 2.75) is 19.4 Å². The maximum Gasteiger partial charge on any atom is 0.248 e. The van der Waals surface area contributed by atoms with Gasteiger partial charge in [-0.25, -0.2) is 8.42 Å². The van der Waals surface area contributed by atoms with Crippen LogP contribution in [0.3, 0.4) is 0 Å². The summed E-state index contributed by atoms with van der Waals surface area (Å²) in [4.78, 5) is 14.7. The first-order chi connectivity index (χ1) is 12.3. The Morgan fingerprint density at radius 1 is 1.19 bits per heavy atom. The van der Waals surface area contributed by atoms with Gasteiger partial charge in [-0.2, -0.15) is 0 Å². The molecule has 0 unspecified atom stereocenters. The van der Waals surface area contributed by atoms with Gasteiger partial charge in [0, 0.05) is 11.7 Å². The summed E-state index contributed by atoms with van der Waals surface area (Å²) in [7, 11) is -2.07. The van der Waals surface area contributed by atoms with Crippen molar-refractivity contribution in [3.8, 4) is 5.75 Å². The minimum Gasteiger partial charge on any atom is -0.497 e. The van der Waals surface area contributed by atoms with Crippen molar-refractivity contribution in [1.82, 2.24) is 0 Å². The molecular formula is C19H22N2O4S. The van der Waals surface area contributed by atoms with Crippen molar-refractivity contribution < 1.29 is 17.9 Å². The van der Waals surface area contributed by atoms with Gasteiger partial charge in [-0.3, -0.25) is 9.10 Å². The van der Waals surface area contributed by atoms with Gasteiger partial charge in [-0.05, 0) is 49.2 Å². The molecule has 7 heteroatoms. The Morgan fingerprint density at radius 2 is 1.85 bits per heavy atom. The minimum atomic E-state index is -3.61. The van der Waals surface area contributed by atoms with Gasteiger partial charge in [0.25, 0.3) is 0 Å². The molecule has 1 aliphatic heterocycles. The largest absolute Gasteiger partial charge is 0.497 e. The van der Waals surface area contributed by atoms with Gasteiger partial charge in [0.05, 0.1) is 19.1 Å². The fourth-order valence-electron chi connectivity index (χ4n) is 3.29. The molecule has 0 saturated carbocycles. The number of hydrogen-bond donors (Lipinski definition) is 0. The van der Waals surface area contributed by atoms with Crippen LogP contribution in [0.5, 0.6) is 5.75 Å². The monoisotopic (exact) mass is 374 g/mol. The number of fused-ring (bicyclic) bond motifs is 1. The van der Waals surface area contributed by atoms with Crippen LogP contribution < -0.4 is 13.9 Å². The van der Waals surface area contributed by atoms with Crippen LogP contribution in [-0.2, 0) is 21.2 Å². The Balaban J connectivity index is 1.89. The highest BCUT2D eigenvalue weighted by Crippen LogP contribution is 2.32. The Kier molecular flexibility index (Phi) is 4.91. The number of para-hydroxylation sites is 1. The van der Waals surface area contributed by atoms with Gasteiger partial charge in [0.2, 0.25) is 15.9 Å². The van der Waals surface area contributed by atoms with Gasteiger partial charge in [-0.15, -0.1) is 0 Å². The van der Waals surface area contributed by atoms with Crippen LogP contribution in [0.4, 0.5) is 11.4 Å². The molecule has 0 aromatic heterocycles. The maximum atomic E-state index is 13.0. The van der Waals surface area contributed by atoms with Crippen LogP contribution in [0.15, 0.2) is 48.5 Å². The number of rotatable bonds is 5. The molecule has 1 amide bonds. The van der Waals surface area contributed by atoms with Crippen LogP contribution in [0.25, 0.3) is 0 Å². The van der Waals surface area contributed by atoms with Crippen LogP contribution in [0.2, 0.25) is 0 Å². The molecule has 0 aliphatic carbocycles. The van der Waals surface area contributed by atoms with Gasteiger partial charge in [-0.1, -0.05) is 18.2 Å². The Morgan fingerprint density at radius 3 is 2.46 bits per heavy atom. The SMILES string of the molecule is COc1ccc(N(CC(=O)N2c3ccccc3C[C@H]2C)S(C)(=O)=O)cc1. The number of sulfonamides is 1. The molecule has 138 valence electrons. The predicted octanol–water partition coefficient (Wildman–Crippen LogP) is 2.44.